The lowest BCUT2D eigenvalue weighted by Gasteiger charge is -2.05. The zero-order chi connectivity index (χ0) is 12.4. The highest BCUT2D eigenvalue weighted by Gasteiger charge is 2.10. The first-order chi connectivity index (χ1) is 8.08. The van der Waals surface area contributed by atoms with Crippen LogP contribution >= 0.6 is 22.9 Å². The van der Waals surface area contributed by atoms with Gasteiger partial charge in [-0.3, -0.25) is 4.79 Å². The van der Waals surface area contributed by atoms with Crippen LogP contribution in [0.5, 0.6) is 0 Å². The van der Waals surface area contributed by atoms with Crippen LogP contribution in [0, 0.1) is 6.92 Å². The minimum atomic E-state index is -0.351. The van der Waals surface area contributed by atoms with Gasteiger partial charge in [-0.05, 0) is 29.5 Å². The van der Waals surface area contributed by atoms with Crippen molar-refractivity contribution in [2.45, 2.75) is 13.3 Å². The number of amides is 1. The number of anilines is 1. The Bertz CT molecular complexity index is 569. The molecule has 0 aromatic carbocycles. The molecule has 3 N–H and O–H groups in total. The molecule has 0 saturated heterocycles. The first-order valence-electron chi connectivity index (χ1n) is 5.01. The molecule has 2 aromatic rings. The lowest BCUT2D eigenvalue weighted by molar-refractivity contribution is -0.117. The molecule has 0 fully saturated rings. The van der Waals surface area contributed by atoms with Crippen LogP contribution in [0.3, 0.4) is 0 Å². The summed E-state index contributed by atoms with van der Waals surface area (Å²) in [7, 11) is 0. The van der Waals surface area contributed by atoms with Crippen LogP contribution in [0.15, 0.2) is 5.38 Å². The minimum Gasteiger partial charge on any atom is -0.370 e. The molecular weight excluding hydrogens is 260 g/mol. The molecule has 2 rings (SSSR count). The quantitative estimate of drug-likeness (QED) is 0.832. The number of carbonyl (C=O) groups is 1. The van der Waals surface area contributed by atoms with Gasteiger partial charge in [-0.2, -0.15) is 4.98 Å². The van der Waals surface area contributed by atoms with Crippen LogP contribution in [0.25, 0.3) is 10.2 Å². The zero-order valence-electron chi connectivity index (χ0n) is 9.16. The van der Waals surface area contributed by atoms with Gasteiger partial charge in [-0.1, -0.05) is 0 Å². The molecule has 0 unspecified atom stereocenters. The number of nitrogens with zero attached hydrogens (tertiary/aromatic N) is 2. The van der Waals surface area contributed by atoms with Gasteiger partial charge < -0.3 is 11.1 Å². The van der Waals surface area contributed by atoms with Crippen LogP contribution < -0.4 is 11.1 Å². The summed E-state index contributed by atoms with van der Waals surface area (Å²) in [6.07, 6.45) is 0.257. The maximum Gasteiger partial charge on any atom is 0.224 e. The van der Waals surface area contributed by atoms with E-state index in [2.05, 4.69) is 15.3 Å². The van der Waals surface area contributed by atoms with Gasteiger partial charge in [0.2, 0.25) is 11.2 Å². The number of rotatable bonds is 4. The number of nitrogens with two attached hydrogens (primary N) is 1. The molecule has 0 radical (unpaired) electrons. The van der Waals surface area contributed by atoms with Crippen molar-refractivity contribution in [3.63, 3.8) is 0 Å². The molecule has 90 valence electrons. The lowest BCUT2D eigenvalue weighted by atomic mass is 10.3. The van der Waals surface area contributed by atoms with Gasteiger partial charge in [0.1, 0.15) is 5.82 Å². The maximum atomic E-state index is 10.7. The van der Waals surface area contributed by atoms with E-state index in [1.165, 1.54) is 0 Å². The first kappa shape index (κ1) is 12.1. The number of halogens is 1. The van der Waals surface area contributed by atoms with Crippen molar-refractivity contribution in [1.29, 1.82) is 0 Å². The molecule has 0 aliphatic rings. The fraction of sp³-hybridized carbons (Fsp3) is 0.300. The average molecular weight is 271 g/mol. The number of hydrogen-bond donors (Lipinski definition) is 2. The summed E-state index contributed by atoms with van der Waals surface area (Å²) >= 11 is 7.39. The molecule has 1 amide bonds. The summed E-state index contributed by atoms with van der Waals surface area (Å²) in [5.74, 6) is 0.301. The molecule has 0 aliphatic carbocycles. The third-order valence-corrected chi connectivity index (χ3v) is 3.49. The van der Waals surface area contributed by atoms with Crippen LogP contribution in [-0.4, -0.2) is 22.4 Å². The predicted molar refractivity (Wildman–Crippen MR) is 69.5 cm³/mol. The van der Waals surface area contributed by atoms with E-state index in [1.807, 2.05) is 12.3 Å². The minimum absolute atomic E-state index is 0.195. The van der Waals surface area contributed by atoms with Gasteiger partial charge in [0.15, 0.2) is 0 Å². The molecule has 0 atom stereocenters. The molecule has 0 bridgehead atoms. The van der Waals surface area contributed by atoms with Crippen molar-refractivity contribution in [2.75, 3.05) is 11.9 Å². The second-order valence-electron chi connectivity index (χ2n) is 3.58. The van der Waals surface area contributed by atoms with Crippen LogP contribution in [-0.2, 0) is 4.79 Å². The third kappa shape index (κ3) is 2.65. The second kappa shape index (κ2) is 4.85. The lowest BCUT2D eigenvalue weighted by Crippen LogP contribution is -2.16. The van der Waals surface area contributed by atoms with Crippen LogP contribution in [0.2, 0.25) is 5.28 Å². The van der Waals surface area contributed by atoms with E-state index in [1.54, 1.807) is 11.3 Å². The van der Waals surface area contributed by atoms with Crippen molar-refractivity contribution in [3.8, 4) is 0 Å². The summed E-state index contributed by atoms with van der Waals surface area (Å²) in [5, 5.41) is 5.24. The Morgan fingerprint density at radius 1 is 1.59 bits per heavy atom. The molecule has 2 aromatic heterocycles. The van der Waals surface area contributed by atoms with E-state index >= 15 is 0 Å². The standard InChI is InChI=1S/C10H11ClN4OS/c1-5-4-17-8-7(5)14-10(11)15-9(8)13-3-2-6(12)16/h4H,2-3H2,1H3,(H2,12,16)(H,13,14,15). The molecule has 0 spiro atoms. The van der Waals surface area contributed by atoms with E-state index in [0.717, 1.165) is 15.8 Å². The smallest absolute Gasteiger partial charge is 0.224 e. The molecule has 5 nitrogen and oxygen atoms in total. The second-order valence-corrected chi connectivity index (χ2v) is 4.80. The number of aryl methyl sites for hydroxylation is 1. The fourth-order valence-electron chi connectivity index (χ4n) is 1.43. The summed E-state index contributed by atoms with van der Waals surface area (Å²) in [4.78, 5) is 18.9. The topological polar surface area (TPSA) is 80.9 Å². The normalized spacial score (nSPS) is 10.7. The van der Waals surface area contributed by atoms with Gasteiger partial charge in [0.05, 0.1) is 10.2 Å². The van der Waals surface area contributed by atoms with Crippen molar-refractivity contribution in [2.24, 2.45) is 5.73 Å². The highest BCUT2D eigenvalue weighted by molar-refractivity contribution is 7.18. The number of primary amides is 1. The number of carbonyl (C=O) groups excluding carboxylic acids is 1. The molecule has 0 aliphatic heterocycles. The highest BCUT2D eigenvalue weighted by Crippen LogP contribution is 2.30. The van der Waals surface area contributed by atoms with Crippen molar-refractivity contribution in [3.05, 3.63) is 16.2 Å². The zero-order valence-corrected chi connectivity index (χ0v) is 10.7. The Labute approximate surface area is 107 Å². The Kier molecular flexibility index (Phi) is 3.44. The third-order valence-electron chi connectivity index (χ3n) is 2.23. The largest absolute Gasteiger partial charge is 0.370 e. The Morgan fingerprint density at radius 2 is 2.35 bits per heavy atom. The number of thiophene rings is 1. The van der Waals surface area contributed by atoms with Gasteiger partial charge in [-0.15, -0.1) is 11.3 Å². The van der Waals surface area contributed by atoms with Gasteiger partial charge in [0.25, 0.3) is 0 Å². The van der Waals surface area contributed by atoms with Gasteiger partial charge in [-0.25, -0.2) is 4.98 Å². The molecule has 0 saturated carbocycles. The SMILES string of the molecule is Cc1csc2c(NCCC(N)=O)nc(Cl)nc12. The monoisotopic (exact) mass is 270 g/mol. The van der Waals surface area contributed by atoms with E-state index < -0.39 is 0 Å². The van der Waals surface area contributed by atoms with Crippen LogP contribution in [0.1, 0.15) is 12.0 Å². The van der Waals surface area contributed by atoms with E-state index in [0.29, 0.717) is 12.4 Å². The van der Waals surface area contributed by atoms with E-state index in [-0.39, 0.29) is 17.6 Å². The van der Waals surface area contributed by atoms with Crippen molar-refractivity contribution < 1.29 is 4.79 Å². The summed E-state index contributed by atoms with van der Waals surface area (Å²) in [5.41, 5.74) is 6.97. The average Bonchev–Trinajstić information content (AvgIpc) is 2.60. The Balaban J connectivity index is 2.29. The first-order valence-corrected chi connectivity index (χ1v) is 6.27. The van der Waals surface area contributed by atoms with E-state index in [4.69, 9.17) is 17.3 Å². The summed E-state index contributed by atoms with van der Waals surface area (Å²) in [6, 6.07) is 0. The van der Waals surface area contributed by atoms with Crippen LogP contribution in [0.4, 0.5) is 5.82 Å². The fourth-order valence-corrected chi connectivity index (χ4v) is 2.55. The summed E-state index contributed by atoms with van der Waals surface area (Å²) < 4.78 is 0.941. The molecular formula is C10H11ClN4OS. The van der Waals surface area contributed by atoms with Crippen molar-refractivity contribution in [1.82, 2.24) is 9.97 Å². The Hall–Kier alpha value is -1.40. The summed E-state index contributed by atoms with van der Waals surface area (Å²) in [6.45, 7) is 2.41. The van der Waals surface area contributed by atoms with E-state index in [9.17, 15) is 4.79 Å². The molecule has 7 heteroatoms. The predicted octanol–water partition coefficient (Wildman–Crippen LogP) is 1.94. The van der Waals surface area contributed by atoms with Gasteiger partial charge >= 0.3 is 0 Å². The molecule has 17 heavy (non-hydrogen) atoms. The number of aromatic nitrogens is 2. The van der Waals surface area contributed by atoms with Gasteiger partial charge in [0, 0.05) is 13.0 Å². The number of fused-ring (bicyclic) bond motifs is 1. The maximum absolute atomic E-state index is 10.7. The highest BCUT2D eigenvalue weighted by atomic mass is 35.5. The number of hydrogen-bond acceptors (Lipinski definition) is 5. The van der Waals surface area contributed by atoms with Crippen molar-refractivity contribution >= 4 is 44.9 Å². The Morgan fingerprint density at radius 3 is 3.06 bits per heavy atom. The molecule has 2 heterocycles. The number of nitrogens with one attached hydrogen (secondary N) is 1.